The lowest BCUT2D eigenvalue weighted by atomic mass is 9.98. The molecule has 0 radical (unpaired) electrons. The number of nitrogen functional groups attached to an aromatic ring is 1. The van der Waals surface area contributed by atoms with E-state index in [4.69, 9.17) is 11.5 Å². The van der Waals surface area contributed by atoms with E-state index in [-0.39, 0.29) is 35.2 Å². The molecule has 116 valence electrons. The maximum absolute atomic E-state index is 13.7. The molecule has 0 saturated carbocycles. The highest BCUT2D eigenvalue weighted by Crippen LogP contribution is 2.28. The van der Waals surface area contributed by atoms with Crippen molar-refractivity contribution in [2.24, 2.45) is 11.7 Å². The highest BCUT2D eigenvalue weighted by Gasteiger charge is 2.32. The first-order valence-corrected chi connectivity index (χ1v) is 8.02. The Hall–Kier alpha value is -1.67. The van der Waals surface area contributed by atoms with Crippen LogP contribution in [0.3, 0.4) is 0 Å². The molecule has 1 aliphatic rings. The van der Waals surface area contributed by atoms with E-state index < -0.39 is 21.7 Å². The van der Waals surface area contributed by atoms with Crippen molar-refractivity contribution >= 4 is 21.6 Å². The number of carbonyl (C=O) groups excluding carboxylic acids is 1. The Balaban J connectivity index is 2.30. The molecule has 1 heterocycles. The summed E-state index contributed by atoms with van der Waals surface area (Å²) < 4.78 is 40.1. The van der Waals surface area contributed by atoms with Crippen molar-refractivity contribution in [1.82, 2.24) is 4.31 Å². The van der Waals surface area contributed by atoms with Gasteiger partial charge in [0.25, 0.3) is 0 Å². The van der Waals surface area contributed by atoms with Gasteiger partial charge in [0.1, 0.15) is 5.82 Å². The second-order valence-corrected chi connectivity index (χ2v) is 7.11. The minimum atomic E-state index is -3.83. The first-order valence-electron chi connectivity index (χ1n) is 6.58. The van der Waals surface area contributed by atoms with Crippen molar-refractivity contribution in [2.45, 2.75) is 24.7 Å². The second-order valence-electron chi connectivity index (χ2n) is 5.21. The summed E-state index contributed by atoms with van der Waals surface area (Å²) in [5.41, 5.74) is 10.9. The summed E-state index contributed by atoms with van der Waals surface area (Å²) >= 11 is 0. The van der Waals surface area contributed by atoms with E-state index in [0.29, 0.717) is 12.8 Å². The second kappa shape index (κ2) is 5.61. The number of anilines is 1. The van der Waals surface area contributed by atoms with Crippen molar-refractivity contribution in [1.29, 1.82) is 0 Å². The molecule has 6 nitrogen and oxygen atoms in total. The molecular formula is C13H18FN3O3S. The molecule has 2 rings (SSSR count). The minimum Gasteiger partial charge on any atom is -0.399 e. The molecule has 0 aromatic heterocycles. The highest BCUT2D eigenvalue weighted by atomic mass is 32.2. The monoisotopic (exact) mass is 315 g/mol. The van der Waals surface area contributed by atoms with Crippen molar-refractivity contribution in [3.63, 3.8) is 0 Å². The number of sulfonamides is 1. The van der Waals surface area contributed by atoms with E-state index in [2.05, 4.69) is 0 Å². The molecule has 4 N–H and O–H groups in total. The Kier molecular flexibility index (Phi) is 4.20. The Morgan fingerprint density at radius 1 is 1.33 bits per heavy atom. The van der Waals surface area contributed by atoms with Gasteiger partial charge in [0.15, 0.2) is 0 Å². The van der Waals surface area contributed by atoms with Crippen molar-refractivity contribution in [3.8, 4) is 0 Å². The quantitative estimate of drug-likeness (QED) is 0.797. The lowest BCUT2D eigenvalue weighted by Crippen LogP contribution is -2.41. The molecule has 0 spiro atoms. The van der Waals surface area contributed by atoms with Crippen molar-refractivity contribution in [2.75, 3.05) is 18.8 Å². The van der Waals surface area contributed by atoms with Gasteiger partial charge in [-0.15, -0.1) is 0 Å². The summed E-state index contributed by atoms with van der Waals surface area (Å²) in [7, 11) is -3.83. The summed E-state index contributed by atoms with van der Waals surface area (Å²) in [4.78, 5) is 11.0. The van der Waals surface area contributed by atoms with Crippen LogP contribution in [0, 0.1) is 18.7 Å². The fraction of sp³-hybridized carbons (Fsp3) is 0.462. The standard InChI is InChI=1S/C13H18FN3O3S/c1-8-11(14)6-10(15)7-12(8)21(19,20)17-4-2-9(3-5-17)13(16)18/h6-7,9H,2-5,15H2,1H3,(H2,16,18). The van der Waals surface area contributed by atoms with Crippen LogP contribution >= 0.6 is 0 Å². The van der Waals surface area contributed by atoms with Gasteiger partial charge in [-0.1, -0.05) is 0 Å². The molecule has 1 amide bonds. The molecule has 1 saturated heterocycles. The third-order valence-corrected chi connectivity index (χ3v) is 5.82. The Labute approximate surface area is 123 Å². The lowest BCUT2D eigenvalue weighted by Gasteiger charge is -2.30. The maximum Gasteiger partial charge on any atom is 0.243 e. The molecule has 21 heavy (non-hydrogen) atoms. The summed E-state index contributed by atoms with van der Waals surface area (Å²) in [6, 6.07) is 2.35. The zero-order valence-corrected chi connectivity index (χ0v) is 12.5. The third kappa shape index (κ3) is 3.01. The predicted molar refractivity (Wildman–Crippen MR) is 76.2 cm³/mol. The first-order chi connectivity index (χ1) is 9.73. The topological polar surface area (TPSA) is 106 Å². The summed E-state index contributed by atoms with van der Waals surface area (Å²) in [5, 5.41) is 0. The molecular weight excluding hydrogens is 297 g/mol. The van der Waals surface area contributed by atoms with Gasteiger partial charge in [0.2, 0.25) is 15.9 Å². The van der Waals surface area contributed by atoms with Gasteiger partial charge in [-0.3, -0.25) is 4.79 Å². The van der Waals surface area contributed by atoms with Gasteiger partial charge in [-0.05, 0) is 31.9 Å². The van der Waals surface area contributed by atoms with Crippen molar-refractivity contribution < 1.29 is 17.6 Å². The Morgan fingerprint density at radius 3 is 2.43 bits per heavy atom. The average molecular weight is 315 g/mol. The number of hydrogen-bond donors (Lipinski definition) is 2. The van der Waals surface area contributed by atoms with Gasteiger partial charge in [0.05, 0.1) is 4.90 Å². The van der Waals surface area contributed by atoms with Gasteiger partial charge in [-0.25, -0.2) is 12.8 Å². The average Bonchev–Trinajstić information content (AvgIpc) is 2.42. The zero-order chi connectivity index (χ0) is 15.8. The number of piperidine rings is 1. The fourth-order valence-electron chi connectivity index (χ4n) is 2.46. The lowest BCUT2D eigenvalue weighted by molar-refractivity contribution is -0.122. The van der Waals surface area contributed by atoms with Crippen LogP contribution in [0.2, 0.25) is 0 Å². The SMILES string of the molecule is Cc1c(F)cc(N)cc1S(=O)(=O)N1CCC(C(N)=O)CC1. The molecule has 8 heteroatoms. The third-order valence-electron chi connectivity index (χ3n) is 3.79. The van der Waals surface area contributed by atoms with Crippen LogP contribution in [-0.4, -0.2) is 31.7 Å². The number of amides is 1. The van der Waals surface area contributed by atoms with Crippen LogP contribution in [0.4, 0.5) is 10.1 Å². The number of nitrogens with zero attached hydrogens (tertiary/aromatic N) is 1. The largest absolute Gasteiger partial charge is 0.399 e. The number of rotatable bonds is 3. The van der Waals surface area contributed by atoms with Crippen molar-refractivity contribution in [3.05, 3.63) is 23.5 Å². The van der Waals surface area contributed by atoms with E-state index in [1.807, 2.05) is 0 Å². The van der Waals surface area contributed by atoms with Gasteiger partial charge >= 0.3 is 0 Å². The molecule has 0 bridgehead atoms. The molecule has 1 aromatic carbocycles. The van der Waals surface area contributed by atoms with E-state index in [0.717, 1.165) is 6.07 Å². The minimum absolute atomic E-state index is 0.0428. The van der Waals surface area contributed by atoms with E-state index in [1.54, 1.807) is 0 Å². The summed E-state index contributed by atoms with van der Waals surface area (Å²) in [6.45, 7) is 1.77. The van der Waals surface area contributed by atoms with Crippen LogP contribution in [0.5, 0.6) is 0 Å². The molecule has 1 aromatic rings. The predicted octanol–water partition coefficient (Wildman–Crippen LogP) is 0.602. The number of primary amides is 1. The molecule has 0 unspecified atom stereocenters. The van der Waals surface area contributed by atoms with Crippen LogP contribution in [0.15, 0.2) is 17.0 Å². The number of carbonyl (C=O) groups is 1. The molecule has 0 aliphatic carbocycles. The van der Waals surface area contributed by atoms with E-state index in [9.17, 15) is 17.6 Å². The fourth-order valence-corrected chi connectivity index (χ4v) is 4.20. The van der Waals surface area contributed by atoms with Crippen LogP contribution in [0.25, 0.3) is 0 Å². The number of halogens is 1. The van der Waals surface area contributed by atoms with E-state index >= 15 is 0 Å². The zero-order valence-electron chi connectivity index (χ0n) is 11.7. The van der Waals surface area contributed by atoms with Crippen LogP contribution in [-0.2, 0) is 14.8 Å². The summed E-state index contributed by atoms with van der Waals surface area (Å²) in [5.74, 6) is -1.38. The van der Waals surface area contributed by atoms with E-state index in [1.165, 1.54) is 17.3 Å². The Morgan fingerprint density at radius 2 is 1.90 bits per heavy atom. The maximum atomic E-state index is 13.7. The molecule has 0 atom stereocenters. The summed E-state index contributed by atoms with van der Waals surface area (Å²) in [6.07, 6.45) is 0.747. The van der Waals surface area contributed by atoms with Gasteiger partial charge < -0.3 is 11.5 Å². The highest BCUT2D eigenvalue weighted by molar-refractivity contribution is 7.89. The first kappa shape index (κ1) is 15.7. The molecule has 1 aliphatic heterocycles. The van der Waals surface area contributed by atoms with Crippen LogP contribution in [0.1, 0.15) is 18.4 Å². The van der Waals surface area contributed by atoms with Gasteiger partial charge in [-0.2, -0.15) is 4.31 Å². The number of hydrogen-bond acceptors (Lipinski definition) is 4. The number of nitrogens with two attached hydrogens (primary N) is 2. The van der Waals surface area contributed by atoms with Crippen LogP contribution < -0.4 is 11.5 Å². The molecule has 1 fully saturated rings. The van der Waals surface area contributed by atoms with Gasteiger partial charge in [0, 0.05) is 30.3 Å². The number of benzene rings is 1. The normalized spacial score (nSPS) is 17.8. The Bertz CT molecular complexity index is 667. The smallest absolute Gasteiger partial charge is 0.243 e.